The Morgan fingerprint density at radius 2 is 1.30 bits per heavy atom. The minimum Gasteiger partial charge on any atom is -0.460 e. The topological polar surface area (TPSA) is 78.9 Å². The van der Waals surface area contributed by atoms with Crippen molar-refractivity contribution in [3.8, 4) is 0 Å². The Morgan fingerprint density at radius 3 is 1.77 bits per heavy atom. The van der Waals surface area contributed by atoms with Crippen LogP contribution in [0, 0.1) is 0 Å². The Morgan fingerprint density at radius 1 is 0.775 bits per heavy atom. The minimum atomic E-state index is -2.28. The molecule has 2 atom stereocenters. The van der Waals surface area contributed by atoms with E-state index in [1.807, 2.05) is 26.8 Å². The van der Waals surface area contributed by atoms with Gasteiger partial charge in [-0.15, -0.1) is 0 Å². The Bertz CT molecular complexity index is 744. The second-order valence-corrected chi connectivity index (χ2v) is 18.6. The van der Waals surface area contributed by atoms with E-state index in [-0.39, 0.29) is 17.7 Å². The van der Waals surface area contributed by atoms with E-state index in [0.717, 1.165) is 57.8 Å². The van der Waals surface area contributed by atoms with Crippen LogP contribution < -0.4 is 0 Å². The Kier molecular flexibility index (Phi) is 18.9. The Hall–Kier alpha value is -1.47. The average Bonchev–Trinajstić information content (AvgIpc) is 2.81. The number of ether oxygens (including phenoxy) is 2. The fraction of sp³-hybridized carbons (Fsp3) is 0.848. The highest BCUT2D eigenvalue weighted by molar-refractivity contribution is 6.77. The van der Waals surface area contributed by atoms with Crippen molar-refractivity contribution in [1.29, 1.82) is 0 Å². The van der Waals surface area contributed by atoms with Gasteiger partial charge in [-0.05, 0) is 75.2 Å². The summed E-state index contributed by atoms with van der Waals surface area (Å²) in [7, 11) is -2.28. The molecule has 0 aliphatic rings. The van der Waals surface area contributed by atoms with Crippen molar-refractivity contribution in [2.45, 2.75) is 181 Å². The third kappa shape index (κ3) is 15.5. The molecule has 0 spiro atoms. The van der Waals surface area contributed by atoms with Crippen LogP contribution in [0.3, 0.4) is 0 Å². The molecule has 0 aliphatic heterocycles. The molecule has 0 fully saturated rings. The van der Waals surface area contributed by atoms with Crippen molar-refractivity contribution < 1.29 is 28.3 Å². The lowest BCUT2D eigenvalue weighted by Gasteiger charge is -2.45. The van der Waals surface area contributed by atoms with Crippen LogP contribution in [0.25, 0.3) is 0 Å². The maximum Gasteiger partial charge on any atom is 0.306 e. The number of carbonyl (C=O) groups excluding carboxylic acids is 3. The first-order valence-corrected chi connectivity index (χ1v) is 18.0. The van der Waals surface area contributed by atoms with Crippen LogP contribution in [0.15, 0.2) is 12.2 Å². The van der Waals surface area contributed by atoms with Crippen molar-refractivity contribution in [3.05, 3.63) is 12.2 Å². The second kappa shape index (κ2) is 19.6. The zero-order valence-corrected chi connectivity index (χ0v) is 28.8. The molecule has 40 heavy (non-hydrogen) atoms. The van der Waals surface area contributed by atoms with E-state index in [4.69, 9.17) is 13.9 Å². The smallest absolute Gasteiger partial charge is 0.306 e. The summed E-state index contributed by atoms with van der Waals surface area (Å²) in [6.07, 6.45) is 11.9. The molecule has 7 heteroatoms. The van der Waals surface area contributed by atoms with Crippen molar-refractivity contribution in [2.75, 3.05) is 0 Å². The van der Waals surface area contributed by atoms with Crippen LogP contribution >= 0.6 is 0 Å². The van der Waals surface area contributed by atoms with Gasteiger partial charge in [0.2, 0.25) is 8.32 Å². The normalized spacial score (nSPS) is 14.2. The Balaban J connectivity index is 5.31. The summed E-state index contributed by atoms with van der Waals surface area (Å²) in [5, 5.41) is 0. The van der Waals surface area contributed by atoms with Crippen LogP contribution in [-0.4, -0.2) is 43.8 Å². The lowest BCUT2D eigenvalue weighted by atomic mass is 10.0. The van der Waals surface area contributed by atoms with Gasteiger partial charge < -0.3 is 13.9 Å². The fourth-order valence-corrected chi connectivity index (χ4v) is 11.3. The summed E-state index contributed by atoms with van der Waals surface area (Å²) in [5.74, 6) is -0.387. The maximum atomic E-state index is 12.8. The molecule has 0 radical (unpaired) electrons. The van der Waals surface area contributed by atoms with E-state index >= 15 is 0 Å². The van der Waals surface area contributed by atoms with E-state index in [2.05, 4.69) is 48.5 Å². The Labute approximate surface area is 247 Å². The van der Waals surface area contributed by atoms with E-state index in [1.165, 1.54) is 6.92 Å². The molecule has 0 saturated carbocycles. The number of carbonyl (C=O) groups is 3. The highest BCUT2D eigenvalue weighted by Crippen LogP contribution is 2.43. The molecule has 0 saturated heterocycles. The molecule has 0 amide bonds. The number of esters is 2. The molecule has 0 aromatic rings. The third-order valence-corrected chi connectivity index (χ3v) is 13.6. The lowest BCUT2D eigenvalue weighted by molar-refractivity contribution is -0.155. The second-order valence-electron chi connectivity index (χ2n) is 13.2. The standard InChI is InChI=1S/C33H62O6Si/c1-12-13-17-21-30(37-28(8)34)31(39-40(25(2)3,26(4)5)27(6)7)24-23-29(35)20-18-15-14-16-19-22-32(36)38-33(9,10)11/h23-27,30-31H,12-22H2,1-11H3/b24-23+/t30-,31+/m1/s1. The van der Waals surface area contributed by atoms with Gasteiger partial charge in [-0.25, -0.2) is 0 Å². The summed E-state index contributed by atoms with van der Waals surface area (Å²) in [6.45, 7) is 22.7. The van der Waals surface area contributed by atoms with Gasteiger partial charge in [0.15, 0.2) is 5.78 Å². The van der Waals surface area contributed by atoms with Gasteiger partial charge in [-0.2, -0.15) is 0 Å². The molecule has 0 rings (SSSR count). The van der Waals surface area contributed by atoms with Gasteiger partial charge in [0.25, 0.3) is 0 Å². The lowest BCUT2D eigenvalue weighted by Crippen LogP contribution is -2.52. The molecule has 0 unspecified atom stereocenters. The van der Waals surface area contributed by atoms with Crippen molar-refractivity contribution >= 4 is 26.0 Å². The highest BCUT2D eigenvalue weighted by atomic mass is 28.4. The van der Waals surface area contributed by atoms with Crippen LogP contribution in [-0.2, 0) is 28.3 Å². The van der Waals surface area contributed by atoms with E-state index in [9.17, 15) is 14.4 Å². The predicted octanol–water partition coefficient (Wildman–Crippen LogP) is 9.26. The third-order valence-electron chi connectivity index (χ3n) is 7.52. The first kappa shape index (κ1) is 38.5. The zero-order chi connectivity index (χ0) is 30.9. The SMILES string of the molecule is CCCCC[C@@H](OC(C)=O)[C@H](/C=C/C(=O)CCCCCCCC(=O)OC(C)(C)C)O[Si](C(C)C)(C(C)C)C(C)C. The van der Waals surface area contributed by atoms with Crippen LogP contribution in [0.4, 0.5) is 0 Å². The molecule has 0 N–H and O–H groups in total. The number of rotatable bonds is 21. The molecule has 6 nitrogen and oxygen atoms in total. The molecular weight excluding hydrogens is 520 g/mol. The van der Waals surface area contributed by atoms with Gasteiger partial charge in [0.05, 0.1) is 0 Å². The van der Waals surface area contributed by atoms with Crippen molar-refractivity contribution in [3.63, 3.8) is 0 Å². The van der Waals surface area contributed by atoms with Crippen LogP contribution in [0.2, 0.25) is 16.6 Å². The summed E-state index contributed by atoms with van der Waals surface area (Å²) < 4.78 is 18.2. The summed E-state index contributed by atoms with van der Waals surface area (Å²) >= 11 is 0. The monoisotopic (exact) mass is 582 g/mol. The van der Waals surface area contributed by atoms with E-state index in [0.29, 0.717) is 29.5 Å². The number of allylic oxidation sites excluding steroid dienone is 1. The number of unbranched alkanes of at least 4 members (excludes halogenated alkanes) is 6. The first-order chi connectivity index (χ1) is 18.6. The van der Waals surface area contributed by atoms with Crippen molar-refractivity contribution in [1.82, 2.24) is 0 Å². The molecule has 0 bridgehead atoms. The molecule has 0 aromatic carbocycles. The van der Waals surface area contributed by atoms with Gasteiger partial charge >= 0.3 is 11.9 Å². The van der Waals surface area contributed by atoms with Crippen LogP contribution in [0.1, 0.15) is 147 Å². The van der Waals surface area contributed by atoms with Crippen molar-refractivity contribution in [2.24, 2.45) is 0 Å². The number of hydrogen-bond donors (Lipinski definition) is 0. The molecule has 234 valence electrons. The summed E-state index contributed by atoms with van der Waals surface area (Å²) in [4.78, 5) is 36.7. The predicted molar refractivity (Wildman–Crippen MR) is 168 cm³/mol. The molecule has 0 heterocycles. The first-order valence-electron chi connectivity index (χ1n) is 15.8. The van der Waals surface area contributed by atoms with Gasteiger partial charge in [-0.3, -0.25) is 14.4 Å². The maximum absolute atomic E-state index is 12.8. The fourth-order valence-electron chi connectivity index (χ4n) is 5.76. The van der Waals surface area contributed by atoms with Crippen LogP contribution in [0.5, 0.6) is 0 Å². The zero-order valence-electron chi connectivity index (χ0n) is 27.8. The van der Waals surface area contributed by atoms with E-state index < -0.39 is 26.1 Å². The molecule has 0 aliphatic carbocycles. The quantitative estimate of drug-likeness (QED) is 0.0581. The largest absolute Gasteiger partial charge is 0.460 e. The summed E-state index contributed by atoms with van der Waals surface area (Å²) in [6, 6.07) is 0. The van der Waals surface area contributed by atoms with Gasteiger partial charge in [0, 0.05) is 19.8 Å². The number of ketones is 1. The average molecular weight is 583 g/mol. The van der Waals surface area contributed by atoms with Gasteiger partial charge in [0.1, 0.15) is 17.8 Å². The molecular formula is C33H62O6Si. The highest BCUT2D eigenvalue weighted by Gasteiger charge is 2.47. The number of hydrogen-bond acceptors (Lipinski definition) is 6. The van der Waals surface area contributed by atoms with Gasteiger partial charge in [-0.1, -0.05) is 80.6 Å². The summed E-state index contributed by atoms with van der Waals surface area (Å²) in [5.41, 5.74) is 0.694. The molecule has 0 aromatic heterocycles. The minimum absolute atomic E-state index is 0.0726. The van der Waals surface area contributed by atoms with E-state index in [1.54, 1.807) is 6.08 Å².